The third-order valence-corrected chi connectivity index (χ3v) is 1.67. The first kappa shape index (κ1) is 6.22. The lowest BCUT2D eigenvalue weighted by atomic mass is 10.1. The number of nitrogens with two attached hydrogens (primary N) is 1. The maximum absolute atomic E-state index is 5.57. The van der Waals surface area contributed by atoms with Gasteiger partial charge in [-0.1, -0.05) is 0 Å². The van der Waals surface area contributed by atoms with Crippen LogP contribution in [0.5, 0.6) is 0 Å². The van der Waals surface area contributed by atoms with Crippen LogP contribution < -0.4 is 11.1 Å². The Hall–Kier alpha value is -1.51. The standard InChI is InChI=1S/C8H9N3/c9-7-3-6-4-10-2-1-8(6)11-5-7/h1-3,5,10H,4,9H2. The Bertz CT molecular complexity index is 304. The predicted octanol–water partition coefficient (Wildman–Crippen LogP) is 0.738. The number of hydrogen-bond donors (Lipinski definition) is 2. The molecule has 1 aliphatic rings. The van der Waals surface area contributed by atoms with Crippen molar-refractivity contribution in [3.05, 3.63) is 29.7 Å². The SMILES string of the molecule is Nc1cnc2c(c1)CNC=C2. The number of pyridine rings is 1. The summed E-state index contributed by atoms with van der Waals surface area (Å²) in [4.78, 5) is 4.17. The Morgan fingerprint density at radius 1 is 1.55 bits per heavy atom. The van der Waals surface area contributed by atoms with Crippen molar-refractivity contribution in [3.8, 4) is 0 Å². The minimum Gasteiger partial charge on any atom is -0.397 e. The number of nitrogen functional groups attached to an aromatic ring is 1. The van der Waals surface area contributed by atoms with Crippen LogP contribution >= 0.6 is 0 Å². The van der Waals surface area contributed by atoms with Crippen molar-refractivity contribution >= 4 is 11.8 Å². The third kappa shape index (κ3) is 1.05. The average Bonchev–Trinajstić information content (AvgIpc) is 2.04. The van der Waals surface area contributed by atoms with Crippen molar-refractivity contribution in [2.45, 2.75) is 6.54 Å². The second-order valence-electron chi connectivity index (χ2n) is 2.53. The normalized spacial score (nSPS) is 13.8. The smallest absolute Gasteiger partial charge is 0.0695 e. The highest BCUT2D eigenvalue weighted by Crippen LogP contribution is 2.13. The fourth-order valence-electron chi connectivity index (χ4n) is 1.14. The molecule has 0 atom stereocenters. The van der Waals surface area contributed by atoms with E-state index in [4.69, 9.17) is 5.73 Å². The molecule has 1 aromatic heterocycles. The lowest BCUT2D eigenvalue weighted by molar-refractivity contribution is 0.849. The fraction of sp³-hybridized carbons (Fsp3) is 0.125. The third-order valence-electron chi connectivity index (χ3n) is 1.67. The zero-order valence-corrected chi connectivity index (χ0v) is 6.04. The summed E-state index contributed by atoms with van der Waals surface area (Å²) >= 11 is 0. The molecule has 0 unspecified atom stereocenters. The van der Waals surface area contributed by atoms with Gasteiger partial charge in [-0.2, -0.15) is 0 Å². The van der Waals surface area contributed by atoms with E-state index in [1.807, 2.05) is 18.3 Å². The second kappa shape index (κ2) is 2.27. The molecule has 1 aromatic rings. The van der Waals surface area contributed by atoms with E-state index >= 15 is 0 Å². The molecule has 3 N–H and O–H groups in total. The quantitative estimate of drug-likeness (QED) is 0.569. The molecule has 11 heavy (non-hydrogen) atoms. The molecule has 0 radical (unpaired) electrons. The summed E-state index contributed by atoms with van der Waals surface area (Å²) in [5.74, 6) is 0. The monoisotopic (exact) mass is 147 g/mol. The van der Waals surface area contributed by atoms with E-state index in [1.165, 1.54) is 0 Å². The number of hydrogen-bond acceptors (Lipinski definition) is 3. The highest BCUT2D eigenvalue weighted by Gasteiger charge is 2.03. The van der Waals surface area contributed by atoms with Crippen LogP contribution in [0.4, 0.5) is 5.69 Å². The molecule has 0 aromatic carbocycles. The van der Waals surface area contributed by atoms with E-state index in [9.17, 15) is 0 Å². The molecule has 0 amide bonds. The Morgan fingerprint density at radius 2 is 2.45 bits per heavy atom. The van der Waals surface area contributed by atoms with Crippen molar-refractivity contribution in [1.82, 2.24) is 10.3 Å². The highest BCUT2D eigenvalue weighted by molar-refractivity contribution is 5.54. The van der Waals surface area contributed by atoms with Gasteiger partial charge in [-0.05, 0) is 23.9 Å². The molecule has 2 heterocycles. The Balaban J connectivity index is 2.53. The first-order valence-electron chi connectivity index (χ1n) is 3.50. The van der Waals surface area contributed by atoms with E-state index in [0.29, 0.717) is 0 Å². The predicted molar refractivity (Wildman–Crippen MR) is 44.5 cm³/mol. The zero-order valence-electron chi connectivity index (χ0n) is 6.04. The van der Waals surface area contributed by atoms with Gasteiger partial charge in [0, 0.05) is 6.54 Å². The molecular formula is C8H9N3. The molecule has 0 aliphatic carbocycles. The Labute approximate surface area is 64.9 Å². The molecule has 0 fully saturated rings. The van der Waals surface area contributed by atoms with Gasteiger partial charge >= 0.3 is 0 Å². The summed E-state index contributed by atoms with van der Waals surface area (Å²) in [7, 11) is 0. The lowest BCUT2D eigenvalue weighted by Gasteiger charge is -2.10. The minimum atomic E-state index is 0.723. The van der Waals surface area contributed by atoms with Crippen LogP contribution in [-0.4, -0.2) is 4.98 Å². The summed E-state index contributed by atoms with van der Waals surface area (Å²) in [6.45, 7) is 0.823. The van der Waals surface area contributed by atoms with E-state index in [-0.39, 0.29) is 0 Å². The number of nitrogens with zero attached hydrogens (tertiary/aromatic N) is 1. The van der Waals surface area contributed by atoms with Crippen molar-refractivity contribution in [2.75, 3.05) is 5.73 Å². The van der Waals surface area contributed by atoms with Crippen molar-refractivity contribution < 1.29 is 0 Å². The maximum atomic E-state index is 5.57. The summed E-state index contributed by atoms with van der Waals surface area (Å²) in [5.41, 5.74) is 8.46. The molecule has 0 saturated carbocycles. The second-order valence-corrected chi connectivity index (χ2v) is 2.53. The van der Waals surface area contributed by atoms with Crippen LogP contribution in [0.3, 0.4) is 0 Å². The van der Waals surface area contributed by atoms with Crippen LogP contribution in [0.15, 0.2) is 18.5 Å². The molecule has 56 valence electrons. The number of rotatable bonds is 0. The lowest BCUT2D eigenvalue weighted by Crippen LogP contribution is -2.11. The first-order valence-corrected chi connectivity index (χ1v) is 3.50. The van der Waals surface area contributed by atoms with Crippen LogP contribution in [-0.2, 0) is 6.54 Å². The Morgan fingerprint density at radius 3 is 3.36 bits per heavy atom. The number of fused-ring (bicyclic) bond motifs is 1. The van der Waals surface area contributed by atoms with E-state index in [1.54, 1.807) is 6.20 Å². The number of anilines is 1. The zero-order chi connectivity index (χ0) is 7.68. The van der Waals surface area contributed by atoms with Crippen LogP contribution in [0.2, 0.25) is 0 Å². The van der Waals surface area contributed by atoms with Crippen LogP contribution in [0, 0.1) is 0 Å². The molecule has 3 heteroatoms. The topological polar surface area (TPSA) is 50.9 Å². The van der Waals surface area contributed by atoms with Gasteiger partial charge in [-0.25, -0.2) is 0 Å². The van der Waals surface area contributed by atoms with Crippen molar-refractivity contribution in [1.29, 1.82) is 0 Å². The van der Waals surface area contributed by atoms with E-state index in [2.05, 4.69) is 10.3 Å². The molecule has 2 rings (SSSR count). The highest BCUT2D eigenvalue weighted by atomic mass is 14.9. The average molecular weight is 147 g/mol. The van der Waals surface area contributed by atoms with Crippen LogP contribution in [0.25, 0.3) is 6.08 Å². The van der Waals surface area contributed by atoms with Crippen molar-refractivity contribution in [2.24, 2.45) is 0 Å². The fourth-order valence-corrected chi connectivity index (χ4v) is 1.14. The number of nitrogens with one attached hydrogen (secondary N) is 1. The largest absolute Gasteiger partial charge is 0.397 e. The van der Waals surface area contributed by atoms with E-state index in [0.717, 1.165) is 23.5 Å². The molecule has 0 spiro atoms. The summed E-state index contributed by atoms with van der Waals surface area (Å²) < 4.78 is 0. The van der Waals surface area contributed by atoms with Gasteiger partial charge in [-0.3, -0.25) is 4.98 Å². The van der Waals surface area contributed by atoms with Gasteiger partial charge in [0.2, 0.25) is 0 Å². The molecule has 0 saturated heterocycles. The molecule has 1 aliphatic heterocycles. The van der Waals surface area contributed by atoms with Gasteiger partial charge < -0.3 is 11.1 Å². The van der Waals surface area contributed by atoms with Crippen molar-refractivity contribution in [3.63, 3.8) is 0 Å². The molecule has 3 nitrogen and oxygen atoms in total. The minimum absolute atomic E-state index is 0.723. The summed E-state index contributed by atoms with van der Waals surface area (Å²) in [5, 5.41) is 3.09. The summed E-state index contributed by atoms with van der Waals surface area (Å²) in [6.07, 6.45) is 5.51. The van der Waals surface area contributed by atoms with E-state index < -0.39 is 0 Å². The molecular weight excluding hydrogens is 138 g/mol. The first-order chi connectivity index (χ1) is 5.36. The van der Waals surface area contributed by atoms with Gasteiger partial charge in [0.05, 0.1) is 17.6 Å². The summed E-state index contributed by atoms with van der Waals surface area (Å²) in [6, 6.07) is 1.94. The Kier molecular flexibility index (Phi) is 1.28. The van der Waals surface area contributed by atoms with Gasteiger partial charge in [0.15, 0.2) is 0 Å². The van der Waals surface area contributed by atoms with Gasteiger partial charge in [-0.15, -0.1) is 0 Å². The van der Waals surface area contributed by atoms with Crippen LogP contribution in [0.1, 0.15) is 11.3 Å². The number of aromatic nitrogens is 1. The van der Waals surface area contributed by atoms with Gasteiger partial charge in [0.25, 0.3) is 0 Å². The maximum Gasteiger partial charge on any atom is 0.0695 e. The molecule has 0 bridgehead atoms. The van der Waals surface area contributed by atoms with Gasteiger partial charge in [0.1, 0.15) is 0 Å².